The van der Waals surface area contributed by atoms with Crippen LogP contribution in [0, 0.1) is 11.3 Å². The van der Waals surface area contributed by atoms with Gasteiger partial charge in [0.05, 0.1) is 31.2 Å². The van der Waals surface area contributed by atoms with Gasteiger partial charge in [0, 0.05) is 25.2 Å². The highest BCUT2D eigenvalue weighted by molar-refractivity contribution is 7.88. The highest BCUT2D eigenvalue weighted by Gasteiger charge is 2.49. The number of rotatable bonds is 8. The molecule has 4 rings (SSSR count). The maximum absolute atomic E-state index is 12.6. The second-order valence-corrected chi connectivity index (χ2v) is 10.8. The largest absolute Gasteiger partial charge is 0.379 e. The molecule has 1 aromatic heterocycles. The zero-order valence-electron chi connectivity index (χ0n) is 17.7. The smallest absolute Gasteiger partial charge is 0.216 e. The standard InChI is InChI=1S/C22H31N3O4S/c1-22(2)18(12-19-14-20(29-23-19)15-25-8-10-28-11-9-25)13-21(22)24-30(26,27)16-17-6-4-3-5-7-17/h3-7,14,18,21,24H,8-13,15-16H2,1-2H3/t18-,21+/m1/s1. The molecule has 0 bridgehead atoms. The summed E-state index contributed by atoms with van der Waals surface area (Å²) in [6.45, 7) is 8.37. The Labute approximate surface area is 178 Å². The van der Waals surface area contributed by atoms with Gasteiger partial charge in [0.2, 0.25) is 10.0 Å². The molecular weight excluding hydrogens is 402 g/mol. The van der Waals surface area contributed by atoms with Crippen LogP contribution >= 0.6 is 0 Å². The van der Waals surface area contributed by atoms with Gasteiger partial charge in [-0.05, 0) is 29.7 Å². The summed E-state index contributed by atoms with van der Waals surface area (Å²) in [5.41, 5.74) is 1.61. The van der Waals surface area contributed by atoms with Crippen LogP contribution in [0.4, 0.5) is 0 Å². The molecule has 0 spiro atoms. The summed E-state index contributed by atoms with van der Waals surface area (Å²) in [6, 6.07) is 11.3. The first-order valence-corrected chi connectivity index (χ1v) is 12.3. The van der Waals surface area contributed by atoms with Crippen LogP contribution in [0.1, 0.15) is 37.3 Å². The maximum Gasteiger partial charge on any atom is 0.216 e. The minimum absolute atomic E-state index is 0.0132. The van der Waals surface area contributed by atoms with Gasteiger partial charge in [-0.3, -0.25) is 4.90 Å². The number of benzene rings is 1. The zero-order chi connectivity index (χ0) is 21.2. The lowest BCUT2D eigenvalue weighted by Crippen LogP contribution is -2.58. The van der Waals surface area contributed by atoms with E-state index in [2.05, 4.69) is 28.6 Å². The molecule has 1 saturated carbocycles. The number of aromatic nitrogens is 1. The van der Waals surface area contributed by atoms with Crippen molar-refractivity contribution in [1.82, 2.24) is 14.8 Å². The molecular formula is C22H31N3O4S. The maximum atomic E-state index is 12.6. The van der Waals surface area contributed by atoms with Crippen molar-refractivity contribution in [2.75, 3.05) is 26.3 Å². The lowest BCUT2D eigenvalue weighted by Gasteiger charge is -2.52. The van der Waals surface area contributed by atoms with Crippen molar-refractivity contribution in [3.63, 3.8) is 0 Å². The van der Waals surface area contributed by atoms with E-state index in [0.29, 0.717) is 5.92 Å². The van der Waals surface area contributed by atoms with E-state index in [1.54, 1.807) is 0 Å². The first kappa shape index (κ1) is 21.5. The Morgan fingerprint density at radius 3 is 2.63 bits per heavy atom. The molecule has 164 valence electrons. The Morgan fingerprint density at radius 1 is 1.20 bits per heavy atom. The Balaban J connectivity index is 1.30. The second kappa shape index (κ2) is 8.78. The van der Waals surface area contributed by atoms with Crippen molar-refractivity contribution < 1.29 is 17.7 Å². The van der Waals surface area contributed by atoms with Gasteiger partial charge in [0.25, 0.3) is 0 Å². The molecule has 8 heteroatoms. The van der Waals surface area contributed by atoms with Crippen molar-refractivity contribution in [3.8, 4) is 0 Å². The molecule has 2 aliphatic rings. The molecule has 0 amide bonds. The van der Waals surface area contributed by atoms with Crippen molar-refractivity contribution in [3.05, 3.63) is 53.4 Å². The van der Waals surface area contributed by atoms with Gasteiger partial charge < -0.3 is 9.26 Å². The second-order valence-electron chi connectivity index (χ2n) is 9.05. The predicted molar refractivity (Wildman–Crippen MR) is 114 cm³/mol. The first-order chi connectivity index (χ1) is 14.3. The van der Waals surface area contributed by atoms with Crippen LogP contribution in [-0.4, -0.2) is 50.8 Å². The van der Waals surface area contributed by atoms with Gasteiger partial charge in [-0.2, -0.15) is 0 Å². The third-order valence-corrected chi connectivity index (χ3v) is 7.90. The minimum atomic E-state index is -3.37. The van der Waals surface area contributed by atoms with Gasteiger partial charge in [0.1, 0.15) is 0 Å². The molecule has 0 unspecified atom stereocenters. The van der Waals surface area contributed by atoms with Crippen LogP contribution < -0.4 is 4.72 Å². The Kier molecular flexibility index (Phi) is 6.29. The third-order valence-electron chi connectivity index (χ3n) is 6.54. The molecule has 1 aromatic carbocycles. The van der Waals surface area contributed by atoms with Crippen molar-refractivity contribution >= 4 is 10.0 Å². The Hall–Kier alpha value is -1.74. The van der Waals surface area contributed by atoms with E-state index in [1.165, 1.54) is 0 Å². The van der Waals surface area contributed by atoms with Crippen LogP contribution in [0.2, 0.25) is 0 Å². The lowest BCUT2D eigenvalue weighted by atomic mass is 9.57. The highest BCUT2D eigenvalue weighted by atomic mass is 32.2. The lowest BCUT2D eigenvalue weighted by molar-refractivity contribution is 0.0267. The van der Waals surface area contributed by atoms with E-state index in [-0.39, 0.29) is 17.2 Å². The van der Waals surface area contributed by atoms with Gasteiger partial charge >= 0.3 is 0 Å². The number of ether oxygens (including phenoxy) is 1. The van der Waals surface area contributed by atoms with E-state index < -0.39 is 10.0 Å². The summed E-state index contributed by atoms with van der Waals surface area (Å²) < 4.78 is 39.0. The topological polar surface area (TPSA) is 84.7 Å². The van der Waals surface area contributed by atoms with Crippen molar-refractivity contribution in [2.45, 2.75) is 45.0 Å². The van der Waals surface area contributed by atoms with E-state index >= 15 is 0 Å². The fourth-order valence-electron chi connectivity index (χ4n) is 4.37. The summed E-state index contributed by atoms with van der Waals surface area (Å²) in [4.78, 5) is 2.30. The van der Waals surface area contributed by atoms with Crippen LogP contribution in [0.5, 0.6) is 0 Å². The molecule has 1 aliphatic heterocycles. The summed E-state index contributed by atoms with van der Waals surface area (Å²) in [6.07, 6.45) is 1.61. The molecule has 1 saturated heterocycles. The van der Waals surface area contributed by atoms with Gasteiger partial charge in [-0.1, -0.05) is 49.3 Å². The number of hydrogen-bond acceptors (Lipinski definition) is 6. The van der Waals surface area contributed by atoms with E-state index in [1.807, 2.05) is 36.4 Å². The summed E-state index contributed by atoms with van der Waals surface area (Å²) >= 11 is 0. The third kappa shape index (κ3) is 5.11. The molecule has 2 heterocycles. The van der Waals surface area contributed by atoms with Crippen molar-refractivity contribution in [1.29, 1.82) is 0 Å². The molecule has 0 radical (unpaired) electrons. The molecule has 2 fully saturated rings. The van der Waals surface area contributed by atoms with E-state index in [4.69, 9.17) is 9.26 Å². The summed E-state index contributed by atoms with van der Waals surface area (Å²) in [5.74, 6) is 1.26. The number of hydrogen-bond donors (Lipinski definition) is 1. The molecule has 7 nitrogen and oxygen atoms in total. The Morgan fingerprint density at radius 2 is 1.93 bits per heavy atom. The molecule has 2 atom stereocenters. The number of nitrogens with one attached hydrogen (secondary N) is 1. The van der Waals surface area contributed by atoms with E-state index in [9.17, 15) is 8.42 Å². The SMILES string of the molecule is CC1(C)[C@H](Cc2cc(CN3CCOCC3)on2)C[C@@H]1NS(=O)(=O)Cc1ccccc1. The average Bonchev–Trinajstić information content (AvgIpc) is 3.15. The van der Waals surface area contributed by atoms with Crippen molar-refractivity contribution in [2.24, 2.45) is 11.3 Å². The number of sulfonamides is 1. The van der Waals surface area contributed by atoms with Crippen LogP contribution in [0.15, 0.2) is 40.9 Å². The number of morpholine rings is 1. The monoisotopic (exact) mass is 433 g/mol. The fraction of sp³-hybridized carbons (Fsp3) is 0.591. The fourth-order valence-corrected chi connectivity index (χ4v) is 5.92. The Bertz CT molecular complexity index is 936. The van der Waals surface area contributed by atoms with Gasteiger partial charge in [-0.15, -0.1) is 0 Å². The van der Waals surface area contributed by atoms with Crippen LogP contribution in [0.25, 0.3) is 0 Å². The average molecular weight is 434 g/mol. The first-order valence-electron chi connectivity index (χ1n) is 10.6. The minimum Gasteiger partial charge on any atom is -0.379 e. The van der Waals surface area contributed by atoms with Gasteiger partial charge in [-0.25, -0.2) is 13.1 Å². The molecule has 1 N–H and O–H groups in total. The van der Waals surface area contributed by atoms with Crippen LogP contribution in [-0.2, 0) is 33.5 Å². The predicted octanol–water partition coefficient (Wildman–Crippen LogP) is 2.58. The highest BCUT2D eigenvalue weighted by Crippen LogP contribution is 2.48. The molecule has 2 aromatic rings. The van der Waals surface area contributed by atoms with Crippen LogP contribution in [0.3, 0.4) is 0 Å². The molecule has 1 aliphatic carbocycles. The quantitative estimate of drug-likeness (QED) is 0.689. The normalized spacial score (nSPS) is 24.5. The number of nitrogens with zero attached hydrogens (tertiary/aromatic N) is 2. The van der Waals surface area contributed by atoms with Gasteiger partial charge in [0.15, 0.2) is 5.76 Å². The summed E-state index contributed by atoms with van der Waals surface area (Å²) in [5, 5.41) is 4.25. The zero-order valence-corrected chi connectivity index (χ0v) is 18.5. The van der Waals surface area contributed by atoms with E-state index in [0.717, 1.165) is 62.7 Å². The molecule has 30 heavy (non-hydrogen) atoms. The summed E-state index contributed by atoms with van der Waals surface area (Å²) in [7, 11) is -3.37.